The van der Waals surface area contributed by atoms with Crippen molar-refractivity contribution >= 4 is 29.2 Å². The SMILES string of the molecule is CN1Cc2cc(N/C(=C\[N+](=O)[O-])Nc3ccc(O)cc3)ccc2C1C(=O)NC(Cc1ccc(CCC(=O)O)cc1)C(=O)O. The Bertz CT molecular complexity index is 1540. The van der Waals surface area contributed by atoms with Crippen LogP contribution in [0.4, 0.5) is 11.4 Å². The molecule has 13 heteroatoms. The highest BCUT2D eigenvalue weighted by atomic mass is 16.6. The molecule has 1 aliphatic heterocycles. The summed E-state index contributed by atoms with van der Waals surface area (Å²) in [6, 6.07) is 16.2. The van der Waals surface area contributed by atoms with Crippen LogP contribution >= 0.6 is 0 Å². The number of phenols is 1. The van der Waals surface area contributed by atoms with Crippen LogP contribution in [0.1, 0.15) is 34.7 Å². The second-order valence-corrected chi connectivity index (χ2v) is 10.2. The zero-order valence-corrected chi connectivity index (χ0v) is 23.2. The van der Waals surface area contributed by atoms with Crippen LogP contribution in [0.3, 0.4) is 0 Å². The Morgan fingerprint density at radius 1 is 1.00 bits per heavy atom. The Balaban J connectivity index is 1.44. The average Bonchev–Trinajstić information content (AvgIpc) is 3.28. The molecule has 0 saturated carbocycles. The van der Waals surface area contributed by atoms with Gasteiger partial charge in [-0.05, 0) is 72.1 Å². The summed E-state index contributed by atoms with van der Waals surface area (Å²) < 4.78 is 0. The van der Waals surface area contributed by atoms with E-state index in [0.717, 1.165) is 17.3 Å². The van der Waals surface area contributed by atoms with Crippen LogP contribution in [-0.4, -0.2) is 56.1 Å². The van der Waals surface area contributed by atoms with Crippen molar-refractivity contribution in [1.29, 1.82) is 0 Å². The molecule has 3 aromatic carbocycles. The van der Waals surface area contributed by atoms with Gasteiger partial charge in [-0.2, -0.15) is 0 Å². The van der Waals surface area contributed by atoms with Crippen LogP contribution in [0.25, 0.3) is 0 Å². The van der Waals surface area contributed by atoms with E-state index in [1.807, 2.05) is 0 Å². The number of fused-ring (bicyclic) bond motifs is 1. The van der Waals surface area contributed by atoms with E-state index in [4.69, 9.17) is 5.11 Å². The minimum atomic E-state index is -1.19. The first-order valence-electron chi connectivity index (χ1n) is 13.3. The van der Waals surface area contributed by atoms with Crippen molar-refractivity contribution in [3.05, 3.63) is 111 Å². The monoisotopic (exact) mass is 589 g/mol. The van der Waals surface area contributed by atoms with Gasteiger partial charge < -0.3 is 31.3 Å². The molecule has 3 aromatic rings. The van der Waals surface area contributed by atoms with Gasteiger partial charge in [-0.25, -0.2) is 4.79 Å². The molecule has 2 atom stereocenters. The third kappa shape index (κ3) is 8.30. The van der Waals surface area contributed by atoms with Gasteiger partial charge in [0, 0.05) is 30.8 Å². The largest absolute Gasteiger partial charge is 0.508 e. The lowest BCUT2D eigenvalue weighted by Gasteiger charge is -2.23. The number of anilines is 2. The standard InChI is InChI=1S/C30H31N5O8/c1-34-16-20-15-22(32-26(17-35(42)43)31-21-7-10-23(36)11-8-21)9-12-24(20)28(34)29(39)33-25(30(40)41)14-19-4-2-18(3-5-19)6-13-27(37)38/h2-5,7-12,15,17,25,28,31-32,36H,6,13-14,16H2,1H3,(H,33,39)(H,37,38)(H,40,41)/b26-17-. The number of carboxylic acids is 2. The number of amides is 1. The van der Waals surface area contributed by atoms with E-state index in [-0.39, 0.29) is 24.4 Å². The van der Waals surface area contributed by atoms with Gasteiger partial charge in [0.2, 0.25) is 5.91 Å². The molecule has 224 valence electrons. The minimum Gasteiger partial charge on any atom is -0.508 e. The molecule has 0 aromatic heterocycles. The molecule has 0 radical (unpaired) electrons. The maximum absolute atomic E-state index is 13.3. The number of nitrogens with zero attached hydrogens (tertiary/aromatic N) is 2. The number of aromatic hydroxyl groups is 1. The highest BCUT2D eigenvalue weighted by molar-refractivity contribution is 5.89. The second-order valence-electron chi connectivity index (χ2n) is 10.2. The maximum atomic E-state index is 13.3. The molecular formula is C30H31N5O8. The van der Waals surface area contributed by atoms with E-state index in [1.165, 1.54) is 12.1 Å². The number of aliphatic carboxylic acids is 2. The lowest BCUT2D eigenvalue weighted by molar-refractivity contribution is -0.403. The van der Waals surface area contributed by atoms with Crippen molar-refractivity contribution in [2.75, 3.05) is 17.7 Å². The Morgan fingerprint density at radius 2 is 1.63 bits per heavy atom. The number of likely N-dealkylation sites (N-methyl/N-ethyl adjacent to an activating group) is 1. The first kappa shape index (κ1) is 30.5. The normalized spacial score (nSPS) is 15.3. The summed E-state index contributed by atoms with van der Waals surface area (Å²) >= 11 is 0. The molecular weight excluding hydrogens is 558 g/mol. The molecule has 0 spiro atoms. The smallest absolute Gasteiger partial charge is 0.326 e. The molecule has 1 aliphatic rings. The Hall–Kier alpha value is -5.43. The van der Waals surface area contributed by atoms with Crippen molar-refractivity contribution in [1.82, 2.24) is 10.2 Å². The van der Waals surface area contributed by atoms with Crippen molar-refractivity contribution in [3.8, 4) is 5.75 Å². The first-order valence-corrected chi connectivity index (χ1v) is 13.3. The van der Waals surface area contributed by atoms with E-state index in [2.05, 4.69) is 16.0 Å². The van der Waals surface area contributed by atoms with Crippen LogP contribution in [0, 0.1) is 10.1 Å². The molecule has 1 heterocycles. The van der Waals surface area contributed by atoms with Crippen molar-refractivity contribution in [3.63, 3.8) is 0 Å². The quantitative estimate of drug-likeness (QED) is 0.0973. The number of rotatable bonds is 13. The number of aryl methyl sites for hydroxylation is 1. The summed E-state index contributed by atoms with van der Waals surface area (Å²) in [7, 11) is 1.74. The van der Waals surface area contributed by atoms with Gasteiger partial charge >= 0.3 is 11.9 Å². The molecule has 13 nitrogen and oxygen atoms in total. The van der Waals surface area contributed by atoms with Gasteiger partial charge in [0.05, 0.1) is 4.92 Å². The zero-order valence-electron chi connectivity index (χ0n) is 23.2. The molecule has 6 N–H and O–H groups in total. The number of benzene rings is 3. The van der Waals surface area contributed by atoms with Crippen LogP contribution in [-0.2, 0) is 33.8 Å². The van der Waals surface area contributed by atoms with Gasteiger partial charge in [-0.15, -0.1) is 0 Å². The molecule has 2 unspecified atom stereocenters. The predicted octanol–water partition coefficient (Wildman–Crippen LogP) is 3.31. The number of nitro groups is 1. The van der Waals surface area contributed by atoms with E-state index < -0.39 is 34.9 Å². The number of carbonyl (C=O) groups excluding carboxylic acids is 1. The van der Waals surface area contributed by atoms with E-state index in [0.29, 0.717) is 35.5 Å². The maximum Gasteiger partial charge on any atom is 0.326 e. The molecule has 0 saturated heterocycles. The number of hydrogen-bond donors (Lipinski definition) is 6. The highest BCUT2D eigenvalue weighted by Gasteiger charge is 2.35. The van der Waals surface area contributed by atoms with E-state index in [1.54, 1.807) is 66.5 Å². The van der Waals surface area contributed by atoms with Crippen molar-refractivity contribution in [2.24, 2.45) is 0 Å². The van der Waals surface area contributed by atoms with Crippen LogP contribution in [0.2, 0.25) is 0 Å². The Kier molecular flexibility index (Phi) is 9.58. The topological polar surface area (TPSA) is 194 Å². The van der Waals surface area contributed by atoms with E-state index in [9.17, 15) is 34.7 Å². The summed E-state index contributed by atoms with van der Waals surface area (Å²) in [5.74, 6) is -2.43. The number of hydrogen-bond acceptors (Lipinski definition) is 9. The number of phenolic OH excluding ortho intramolecular Hbond substituents is 1. The van der Waals surface area contributed by atoms with Crippen molar-refractivity contribution in [2.45, 2.75) is 37.9 Å². The minimum absolute atomic E-state index is 0.00542. The molecule has 0 bridgehead atoms. The van der Waals surface area contributed by atoms with Gasteiger partial charge in [0.1, 0.15) is 17.8 Å². The first-order chi connectivity index (χ1) is 20.5. The van der Waals surface area contributed by atoms with Gasteiger partial charge in [0.25, 0.3) is 6.20 Å². The second kappa shape index (κ2) is 13.5. The molecule has 0 fully saturated rings. The summed E-state index contributed by atoms with van der Waals surface area (Å²) in [5, 5.41) is 47.9. The Morgan fingerprint density at radius 3 is 2.26 bits per heavy atom. The van der Waals surface area contributed by atoms with Crippen LogP contribution in [0.5, 0.6) is 5.75 Å². The van der Waals surface area contributed by atoms with Gasteiger partial charge in [-0.1, -0.05) is 30.3 Å². The number of nitrogens with one attached hydrogen (secondary N) is 3. The fourth-order valence-electron chi connectivity index (χ4n) is 4.86. The molecule has 0 aliphatic carbocycles. The summed E-state index contributed by atoms with van der Waals surface area (Å²) in [6.07, 6.45) is 1.18. The summed E-state index contributed by atoms with van der Waals surface area (Å²) in [6.45, 7) is 0.387. The lowest BCUT2D eigenvalue weighted by Crippen LogP contribution is -2.46. The van der Waals surface area contributed by atoms with Crippen molar-refractivity contribution < 1.29 is 34.6 Å². The fraction of sp³-hybridized carbons (Fsp3) is 0.233. The van der Waals surface area contributed by atoms with E-state index >= 15 is 0 Å². The highest BCUT2D eigenvalue weighted by Crippen LogP contribution is 2.34. The summed E-state index contributed by atoms with van der Waals surface area (Å²) in [5.41, 5.74) is 4.02. The molecule has 1 amide bonds. The van der Waals surface area contributed by atoms with Gasteiger partial charge in [0.15, 0.2) is 5.82 Å². The predicted molar refractivity (Wildman–Crippen MR) is 157 cm³/mol. The number of carbonyl (C=O) groups is 3. The lowest BCUT2D eigenvalue weighted by atomic mass is 10.0. The summed E-state index contributed by atoms with van der Waals surface area (Å²) in [4.78, 5) is 48.5. The number of carboxylic acid groups (broad SMARTS) is 2. The van der Waals surface area contributed by atoms with Crippen LogP contribution in [0.15, 0.2) is 78.8 Å². The fourth-order valence-corrected chi connectivity index (χ4v) is 4.86. The third-order valence-electron chi connectivity index (χ3n) is 6.91. The van der Waals surface area contributed by atoms with Crippen LogP contribution < -0.4 is 16.0 Å². The van der Waals surface area contributed by atoms with Gasteiger partial charge in [-0.3, -0.25) is 24.6 Å². The average molecular weight is 590 g/mol. The molecule has 43 heavy (non-hydrogen) atoms. The molecule has 4 rings (SSSR count). The third-order valence-corrected chi connectivity index (χ3v) is 6.91. The zero-order chi connectivity index (χ0) is 31.1. The Labute approximate surface area is 246 Å².